The third kappa shape index (κ3) is 3.35. The average molecular weight is 326 g/mol. The van der Waals surface area contributed by atoms with Crippen LogP contribution >= 0.6 is 15.9 Å². The van der Waals surface area contributed by atoms with Gasteiger partial charge in [-0.2, -0.15) is 5.10 Å². The number of rotatable bonds is 4. The summed E-state index contributed by atoms with van der Waals surface area (Å²) in [5.41, 5.74) is 2.81. The Morgan fingerprint density at radius 2 is 2.16 bits per heavy atom. The van der Waals surface area contributed by atoms with E-state index in [1.54, 1.807) is 6.07 Å². The third-order valence-electron chi connectivity index (χ3n) is 2.92. The summed E-state index contributed by atoms with van der Waals surface area (Å²) < 4.78 is 16.0. The van der Waals surface area contributed by atoms with Gasteiger partial charge in [0, 0.05) is 23.3 Å². The maximum absolute atomic E-state index is 13.2. The molecule has 0 fully saturated rings. The van der Waals surface area contributed by atoms with Crippen molar-refractivity contribution >= 4 is 21.6 Å². The summed E-state index contributed by atoms with van der Waals surface area (Å²) in [5, 5.41) is 7.72. The normalized spacial score (nSPS) is 11.1. The molecule has 5 heteroatoms. The quantitative estimate of drug-likeness (QED) is 0.908. The molecule has 102 valence electrons. The van der Waals surface area contributed by atoms with Crippen molar-refractivity contribution in [3.8, 4) is 0 Å². The fraction of sp³-hybridized carbons (Fsp3) is 0.357. The lowest BCUT2D eigenvalue weighted by molar-refractivity contribution is 0.529. The summed E-state index contributed by atoms with van der Waals surface area (Å²) in [7, 11) is 0. The summed E-state index contributed by atoms with van der Waals surface area (Å²) >= 11 is 3.42. The molecule has 0 bridgehead atoms. The minimum atomic E-state index is -0.227. The molecule has 0 amide bonds. The Hall–Kier alpha value is -1.36. The molecule has 2 rings (SSSR count). The van der Waals surface area contributed by atoms with E-state index in [0.717, 1.165) is 21.4 Å². The molecule has 0 aliphatic rings. The van der Waals surface area contributed by atoms with Crippen LogP contribution in [0, 0.1) is 12.7 Å². The number of anilines is 1. The second-order valence-electron chi connectivity index (χ2n) is 4.79. The molecule has 3 nitrogen and oxygen atoms in total. The summed E-state index contributed by atoms with van der Waals surface area (Å²) in [4.78, 5) is 0. The highest BCUT2D eigenvalue weighted by molar-refractivity contribution is 9.10. The second-order valence-corrected chi connectivity index (χ2v) is 5.65. The van der Waals surface area contributed by atoms with Crippen LogP contribution in [-0.4, -0.2) is 9.78 Å². The number of hydrogen-bond acceptors (Lipinski definition) is 2. The monoisotopic (exact) mass is 325 g/mol. The standard InChI is InChI=1S/C14H17BrFN3/c1-9(2)19-8-14(10(3)18-19)17-7-11-6-12(16)4-5-13(11)15/h4-6,8-9,17H,7H2,1-3H3. The van der Waals surface area contributed by atoms with E-state index in [1.807, 2.05) is 17.8 Å². The van der Waals surface area contributed by atoms with Crippen LogP contribution in [0.1, 0.15) is 31.1 Å². The van der Waals surface area contributed by atoms with Crippen molar-refractivity contribution in [3.05, 3.63) is 45.9 Å². The first-order chi connectivity index (χ1) is 8.97. The van der Waals surface area contributed by atoms with E-state index in [9.17, 15) is 4.39 Å². The Bertz CT molecular complexity index is 578. The first-order valence-corrected chi connectivity index (χ1v) is 7.00. The van der Waals surface area contributed by atoms with Crippen LogP contribution in [0.4, 0.5) is 10.1 Å². The van der Waals surface area contributed by atoms with E-state index in [1.165, 1.54) is 12.1 Å². The maximum Gasteiger partial charge on any atom is 0.123 e. The lowest BCUT2D eigenvalue weighted by atomic mass is 10.2. The lowest BCUT2D eigenvalue weighted by Crippen LogP contribution is -2.01. The topological polar surface area (TPSA) is 29.9 Å². The number of hydrogen-bond donors (Lipinski definition) is 1. The van der Waals surface area contributed by atoms with Crippen LogP contribution in [0.25, 0.3) is 0 Å². The zero-order valence-electron chi connectivity index (χ0n) is 11.2. The molecule has 0 atom stereocenters. The van der Waals surface area contributed by atoms with Gasteiger partial charge in [-0.25, -0.2) is 4.39 Å². The molecule has 2 aromatic rings. The maximum atomic E-state index is 13.2. The average Bonchev–Trinajstić information content (AvgIpc) is 2.72. The van der Waals surface area contributed by atoms with Gasteiger partial charge in [-0.1, -0.05) is 15.9 Å². The van der Waals surface area contributed by atoms with E-state index < -0.39 is 0 Å². The Balaban J connectivity index is 2.12. The Morgan fingerprint density at radius 1 is 1.42 bits per heavy atom. The van der Waals surface area contributed by atoms with E-state index in [0.29, 0.717) is 12.6 Å². The highest BCUT2D eigenvalue weighted by Crippen LogP contribution is 2.21. The number of aromatic nitrogens is 2. The lowest BCUT2D eigenvalue weighted by Gasteiger charge is -2.07. The molecule has 0 unspecified atom stereocenters. The van der Waals surface area contributed by atoms with Gasteiger partial charge >= 0.3 is 0 Å². The Labute approximate surface area is 121 Å². The molecular formula is C14H17BrFN3. The first kappa shape index (κ1) is 14.1. The van der Waals surface area contributed by atoms with Gasteiger partial charge in [0.05, 0.1) is 11.4 Å². The summed E-state index contributed by atoms with van der Waals surface area (Å²) in [6.07, 6.45) is 1.98. The minimum absolute atomic E-state index is 0.227. The zero-order chi connectivity index (χ0) is 14.0. The van der Waals surface area contributed by atoms with Crippen molar-refractivity contribution in [2.75, 3.05) is 5.32 Å². The molecular weight excluding hydrogens is 309 g/mol. The molecule has 0 radical (unpaired) electrons. The molecule has 0 aliphatic heterocycles. The van der Waals surface area contributed by atoms with Crippen LogP contribution in [-0.2, 0) is 6.54 Å². The van der Waals surface area contributed by atoms with Gasteiger partial charge in [0.15, 0.2) is 0 Å². The summed E-state index contributed by atoms with van der Waals surface area (Å²) in [6.45, 7) is 6.68. The second kappa shape index (κ2) is 5.74. The Kier molecular flexibility index (Phi) is 4.24. The van der Waals surface area contributed by atoms with Crippen molar-refractivity contribution < 1.29 is 4.39 Å². The van der Waals surface area contributed by atoms with Crippen LogP contribution < -0.4 is 5.32 Å². The zero-order valence-corrected chi connectivity index (χ0v) is 12.8. The predicted octanol–water partition coefficient (Wildman–Crippen LogP) is 4.29. The molecule has 1 N–H and O–H groups in total. The van der Waals surface area contributed by atoms with E-state index >= 15 is 0 Å². The smallest absolute Gasteiger partial charge is 0.123 e. The van der Waals surface area contributed by atoms with E-state index in [2.05, 4.69) is 40.2 Å². The van der Waals surface area contributed by atoms with Gasteiger partial charge in [0.25, 0.3) is 0 Å². The summed E-state index contributed by atoms with van der Waals surface area (Å²) in [5.74, 6) is -0.227. The molecule has 1 heterocycles. The van der Waals surface area contributed by atoms with Crippen LogP contribution in [0.2, 0.25) is 0 Å². The van der Waals surface area contributed by atoms with Gasteiger partial charge in [-0.15, -0.1) is 0 Å². The number of halogens is 2. The Morgan fingerprint density at radius 3 is 2.79 bits per heavy atom. The van der Waals surface area contributed by atoms with Gasteiger partial charge in [-0.3, -0.25) is 4.68 Å². The van der Waals surface area contributed by atoms with Crippen molar-refractivity contribution in [2.45, 2.75) is 33.4 Å². The van der Waals surface area contributed by atoms with Crippen molar-refractivity contribution in [1.82, 2.24) is 9.78 Å². The number of nitrogens with one attached hydrogen (secondary N) is 1. The SMILES string of the molecule is Cc1nn(C(C)C)cc1NCc1cc(F)ccc1Br. The van der Waals surface area contributed by atoms with Gasteiger partial charge in [0.2, 0.25) is 0 Å². The number of benzene rings is 1. The molecule has 1 aromatic carbocycles. The van der Waals surface area contributed by atoms with Crippen LogP contribution in [0.5, 0.6) is 0 Å². The van der Waals surface area contributed by atoms with Crippen LogP contribution in [0.3, 0.4) is 0 Å². The minimum Gasteiger partial charge on any atom is -0.378 e. The molecule has 0 saturated heterocycles. The van der Waals surface area contributed by atoms with Gasteiger partial charge in [-0.05, 0) is 44.5 Å². The van der Waals surface area contributed by atoms with Crippen molar-refractivity contribution in [3.63, 3.8) is 0 Å². The van der Waals surface area contributed by atoms with Crippen molar-refractivity contribution in [1.29, 1.82) is 0 Å². The molecule has 19 heavy (non-hydrogen) atoms. The van der Waals surface area contributed by atoms with Crippen molar-refractivity contribution in [2.24, 2.45) is 0 Å². The predicted molar refractivity (Wildman–Crippen MR) is 78.8 cm³/mol. The van der Waals surface area contributed by atoms with Gasteiger partial charge < -0.3 is 5.32 Å². The highest BCUT2D eigenvalue weighted by Gasteiger charge is 2.08. The fourth-order valence-corrected chi connectivity index (χ4v) is 2.18. The molecule has 0 aliphatic carbocycles. The number of aryl methyl sites for hydroxylation is 1. The third-order valence-corrected chi connectivity index (χ3v) is 3.70. The summed E-state index contributed by atoms with van der Waals surface area (Å²) in [6, 6.07) is 5.02. The van der Waals surface area contributed by atoms with E-state index in [-0.39, 0.29) is 5.82 Å². The molecule has 0 spiro atoms. The largest absolute Gasteiger partial charge is 0.378 e. The number of nitrogens with zero attached hydrogens (tertiary/aromatic N) is 2. The molecule has 0 saturated carbocycles. The fourth-order valence-electron chi connectivity index (χ4n) is 1.79. The van der Waals surface area contributed by atoms with E-state index in [4.69, 9.17) is 0 Å². The molecule has 1 aromatic heterocycles. The first-order valence-electron chi connectivity index (χ1n) is 6.21. The van der Waals surface area contributed by atoms with Crippen LogP contribution in [0.15, 0.2) is 28.9 Å². The highest BCUT2D eigenvalue weighted by atomic mass is 79.9. The van der Waals surface area contributed by atoms with Gasteiger partial charge in [0.1, 0.15) is 5.82 Å².